The molecule has 0 bridgehead atoms. The van der Waals surface area contributed by atoms with E-state index in [2.05, 4.69) is 5.32 Å². The minimum Gasteiger partial charge on any atom is -0.465 e. The van der Waals surface area contributed by atoms with Crippen LogP contribution >= 0.6 is 0 Å². The second kappa shape index (κ2) is 3.21. The molecule has 2 N–H and O–H groups in total. The van der Waals surface area contributed by atoms with Gasteiger partial charge in [-0.3, -0.25) is 4.90 Å². The van der Waals surface area contributed by atoms with Crippen LogP contribution < -0.4 is 10.2 Å². The number of nitrogens with one attached hydrogen (secondary N) is 1. The average molecular weight is 192 g/mol. The predicted octanol–water partition coefficient (Wildman–Crippen LogP) is 1.90. The van der Waals surface area contributed by atoms with E-state index in [4.69, 9.17) is 5.11 Å². The first-order chi connectivity index (χ1) is 6.70. The third-order valence-electron chi connectivity index (χ3n) is 2.39. The van der Waals surface area contributed by atoms with Gasteiger partial charge in [0.2, 0.25) is 0 Å². The van der Waals surface area contributed by atoms with Crippen molar-refractivity contribution in [1.29, 1.82) is 0 Å². The van der Waals surface area contributed by atoms with E-state index in [0.29, 0.717) is 13.1 Å². The maximum Gasteiger partial charge on any atom is 0.411 e. The van der Waals surface area contributed by atoms with E-state index in [1.807, 2.05) is 25.1 Å². The number of amides is 1. The summed E-state index contributed by atoms with van der Waals surface area (Å²) in [5.74, 6) is 0. The Morgan fingerprint density at radius 3 is 3.07 bits per heavy atom. The molecule has 0 atom stereocenters. The second-order valence-corrected chi connectivity index (χ2v) is 3.33. The van der Waals surface area contributed by atoms with E-state index in [1.54, 1.807) is 0 Å². The Morgan fingerprint density at radius 1 is 1.57 bits per heavy atom. The molecule has 0 aliphatic carbocycles. The predicted molar refractivity (Wildman–Crippen MR) is 55.0 cm³/mol. The summed E-state index contributed by atoms with van der Waals surface area (Å²) in [6.07, 6.45) is -0.887. The SMILES string of the molecule is Cc1cccc2c1N(C(=O)O)CCN2. The molecule has 14 heavy (non-hydrogen) atoms. The van der Waals surface area contributed by atoms with Crippen LogP contribution in [0.5, 0.6) is 0 Å². The monoisotopic (exact) mass is 192 g/mol. The fourth-order valence-corrected chi connectivity index (χ4v) is 1.77. The van der Waals surface area contributed by atoms with Gasteiger partial charge in [-0.15, -0.1) is 0 Å². The third kappa shape index (κ3) is 1.28. The summed E-state index contributed by atoms with van der Waals surface area (Å²) in [4.78, 5) is 12.4. The Morgan fingerprint density at radius 2 is 2.36 bits per heavy atom. The van der Waals surface area contributed by atoms with Gasteiger partial charge in [0, 0.05) is 13.1 Å². The molecule has 0 saturated heterocycles. The van der Waals surface area contributed by atoms with Crippen LogP contribution in [0.3, 0.4) is 0 Å². The summed E-state index contributed by atoms with van der Waals surface area (Å²) in [6.45, 7) is 3.09. The Kier molecular flexibility index (Phi) is 2.04. The van der Waals surface area contributed by atoms with Crippen LogP contribution in [0.15, 0.2) is 18.2 Å². The van der Waals surface area contributed by atoms with Gasteiger partial charge >= 0.3 is 6.09 Å². The van der Waals surface area contributed by atoms with Crippen LogP contribution in [0.4, 0.5) is 16.2 Å². The number of para-hydroxylation sites is 1. The Hall–Kier alpha value is -1.71. The second-order valence-electron chi connectivity index (χ2n) is 3.33. The number of anilines is 2. The number of hydrogen-bond donors (Lipinski definition) is 2. The number of aryl methyl sites for hydroxylation is 1. The number of carboxylic acid groups (broad SMARTS) is 1. The Bertz CT molecular complexity index is 376. The van der Waals surface area contributed by atoms with E-state index >= 15 is 0 Å². The average Bonchev–Trinajstić information content (AvgIpc) is 2.17. The highest BCUT2D eigenvalue weighted by Crippen LogP contribution is 2.31. The number of hydrogen-bond acceptors (Lipinski definition) is 2. The van der Waals surface area contributed by atoms with Crippen LogP contribution in [0, 0.1) is 6.92 Å². The van der Waals surface area contributed by atoms with Crippen molar-refractivity contribution in [2.45, 2.75) is 6.92 Å². The lowest BCUT2D eigenvalue weighted by Crippen LogP contribution is -2.38. The first kappa shape index (κ1) is 8.87. The van der Waals surface area contributed by atoms with Gasteiger partial charge in [-0.2, -0.15) is 0 Å². The molecule has 0 radical (unpaired) electrons. The van der Waals surface area contributed by atoms with Crippen molar-refractivity contribution >= 4 is 17.5 Å². The maximum atomic E-state index is 11.0. The largest absolute Gasteiger partial charge is 0.465 e. The molecule has 0 fully saturated rings. The number of rotatable bonds is 0. The quantitative estimate of drug-likeness (QED) is 0.660. The minimum absolute atomic E-state index is 0.507. The molecule has 1 aromatic carbocycles. The van der Waals surface area contributed by atoms with E-state index < -0.39 is 6.09 Å². The molecule has 1 aliphatic heterocycles. The summed E-state index contributed by atoms with van der Waals surface area (Å²) in [7, 11) is 0. The molecule has 0 saturated carbocycles. The van der Waals surface area contributed by atoms with Gasteiger partial charge in [-0.05, 0) is 18.6 Å². The molecule has 1 amide bonds. The van der Waals surface area contributed by atoms with Gasteiger partial charge in [-0.1, -0.05) is 12.1 Å². The highest BCUT2D eigenvalue weighted by atomic mass is 16.4. The van der Waals surface area contributed by atoms with Gasteiger partial charge < -0.3 is 10.4 Å². The van der Waals surface area contributed by atoms with E-state index in [1.165, 1.54) is 4.90 Å². The standard InChI is InChI=1S/C10H12N2O2/c1-7-3-2-4-8-9(7)12(10(13)14)6-5-11-8/h2-4,11H,5-6H2,1H3,(H,13,14). The number of nitrogens with zero attached hydrogens (tertiary/aromatic N) is 1. The van der Waals surface area contributed by atoms with E-state index in [9.17, 15) is 4.79 Å². The number of carbonyl (C=O) groups is 1. The molecular weight excluding hydrogens is 180 g/mol. The van der Waals surface area contributed by atoms with Crippen LogP contribution in [-0.4, -0.2) is 24.3 Å². The van der Waals surface area contributed by atoms with Crippen LogP contribution in [0.25, 0.3) is 0 Å². The van der Waals surface area contributed by atoms with Crippen molar-refractivity contribution in [2.75, 3.05) is 23.3 Å². The zero-order chi connectivity index (χ0) is 10.1. The maximum absolute atomic E-state index is 11.0. The summed E-state index contributed by atoms with van der Waals surface area (Å²) in [6, 6.07) is 5.74. The van der Waals surface area contributed by atoms with Gasteiger partial charge in [0.05, 0.1) is 11.4 Å². The molecule has 0 spiro atoms. The lowest BCUT2D eigenvalue weighted by molar-refractivity contribution is 0.202. The Labute approximate surface area is 82.2 Å². The Balaban J connectivity index is 2.52. The fourth-order valence-electron chi connectivity index (χ4n) is 1.77. The molecule has 4 heteroatoms. The van der Waals surface area contributed by atoms with Crippen LogP contribution in [0.1, 0.15) is 5.56 Å². The van der Waals surface area contributed by atoms with E-state index in [-0.39, 0.29) is 0 Å². The van der Waals surface area contributed by atoms with Crippen molar-refractivity contribution in [2.24, 2.45) is 0 Å². The highest BCUT2D eigenvalue weighted by molar-refractivity contribution is 5.93. The number of fused-ring (bicyclic) bond motifs is 1. The first-order valence-electron chi connectivity index (χ1n) is 4.54. The summed E-state index contributed by atoms with van der Waals surface area (Å²) in [5.41, 5.74) is 2.67. The van der Waals surface area contributed by atoms with Crippen LogP contribution in [-0.2, 0) is 0 Å². The van der Waals surface area contributed by atoms with Crippen molar-refractivity contribution in [3.05, 3.63) is 23.8 Å². The van der Waals surface area contributed by atoms with Gasteiger partial charge in [0.25, 0.3) is 0 Å². The molecule has 2 rings (SSSR count). The molecule has 0 aromatic heterocycles. The zero-order valence-electron chi connectivity index (χ0n) is 7.95. The van der Waals surface area contributed by atoms with Crippen molar-refractivity contribution in [1.82, 2.24) is 0 Å². The molecule has 0 unspecified atom stereocenters. The molecule has 74 valence electrons. The zero-order valence-corrected chi connectivity index (χ0v) is 7.95. The first-order valence-corrected chi connectivity index (χ1v) is 4.54. The molecule has 1 aromatic rings. The van der Waals surface area contributed by atoms with Gasteiger partial charge in [-0.25, -0.2) is 4.79 Å². The summed E-state index contributed by atoms with van der Waals surface area (Å²) >= 11 is 0. The van der Waals surface area contributed by atoms with Crippen molar-refractivity contribution in [3.63, 3.8) is 0 Å². The minimum atomic E-state index is -0.887. The van der Waals surface area contributed by atoms with Gasteiger partial charge in [0.1, 0.15) is 0 Å². The fraction of sp³-hybridized carbons (Fsp3) is 0.300. The van der Waals surface area contributed by atoms with Crippen molar-refractivity contribution < 1.29 is 9.90 Å². The van der Waals surface area contributed by atoms with E-state index in [0.717, 1.165) is 16.9 Å². The lowest BCUT2D eigenvalue weighted by Gasteiger charge is -2.29. The highest BCUT2D eigenvalue weighted by Gasteiger charge is 2.22. The molecular formula is C10H12N2O2. The van der Waals surface area contributed by atoms with Crippen molar-refractivity contribution in [3.8, 4) is 0 Å². The summed E-state index contributed by atoms with van der Waals surface area (Å²) < 4.78 is 0. The topological polar surface area (TPSA) is 52.6 Å². The molecule has 1 aliphatic rings. The number of benzene rings is 1. The molecule has 1 heterocycles. The summed E-state index contributed by atoms with van der Waals surface area (Å²) in [5, 5.41) is 12.2. The molecule has 4 nitrogen and oxygen atoms in total. The lowest BCUT2D eigenvalue weighted by atomic mass is 10.1. The third-order valence-corrected chi connectivity index (χ3v) is 2.39. The van der Waals surface area contributed by atoms with Crippen LogP contribution in [0.2, 0.25) is 0 Å². The van der Waals surface area contributed by atoms with Gasteiger partial charge in [0.15, 0.2) is 0 Å². The smallest absolute Gasteiger partial charge is 0.411 e. The normalized spacial score (nSPS) is 14.5.